The summed E-state index contributed by atoms with van der Waals surface area (Å²) in [5, 5.41) is 0. The fourth-order valence-corrected chi connectivity index (χ4v) is 1.94. The molecule has 21 heavy (non-hydrogen) atoms. The van der Waals surface area contributed by atoms with Gasteiger partial charge in [0.2, 0.25) is 0 Å². The molecule has 0 saturated heterocycles. The normalized spacial score (nSPS) is 10.9. The molecule has 0 radical (unpaired) electrons. The second kappa shape index (κ2) is 7.20. The number of hydrogen-bond acceptors (Lipinski definition) is 3. The van der Waals surface area contributed by atoms with Crippen molar-refractivity contribution in [2.24, 2.45) is 4.99 Å². The van der Waals surface area contributed by atoms with Crippen LogP contribution in [0.25, 0.3) is 0 Å². The lowest BCUT2D eigenvalue weighted by molar-refractivity contribution is -0.136. The maximum absolute atomic E-state index is 11.7. The Morgan fingerprint density at radius 2 is 1.43 bits per heavy atom. The van der Waals surface area contributed by atoms with Gasteiger partial charge in [-0.3, -0.25) is 0 Å². The second-order valence-electron chi connectivity index (χ2n) is 4.36. The first-order valence-corrected chi connectivity index (χ1v) is 6.70. The lowest BCUT2D eigenvalue weighted by atomic mass is 10.0. The van der Waals surface area contributed by atoms with Gasteiger partial charge in [-0.25, -0.2) is 9.79 Å². The number of rotatable bonds is 4. The molecule has 0 amide bonds. The number of aliphatic imine (C=N–C) groups is 1. The first-order valence-electron chi connectivity index (χ1n) is 6.70. The van der Waals surface area contributed by atoms with Gasteiger partial charge in [0.15, 0.2) is 0 Å². The van der Waals surface area contributed by atoms with Gasteiger partial charge in [-0.05, 0) is 6.92 Å². The van der Waals surface area contributed by atoms with E-state index in [4.69, 9.17) is 4.74 Å². The summed E-state index contributed by atoms with van der Waals surface area (Å²) in [6, 6.07) is 19.6. The number of ether oxygens (including phenoxy) is 1. The van der Waals surface area contributed by atoms with Crippen LogP contribution < -0.4 is 0 Å². The molecule has 0 aliphatic rings. The number of nitrogens with zero attached hydrogens (tertiary/aromatic N) is 1. The highest BCUT2D eigenvalue weighted by Gasteiger charge is 2.12. The van der Waals surface area contributed by atoms with Crippen molar-refractivity contribution in [3.63, 3.8) is 0 Å². The predicted octanol–water partition coefficient (Wildman–Crippen LogP) is 3.60. The van der Waals surface area contributed by atoms with Crippen LogP contribution in [0, 0.1) is 0 Å². The molecule has 2 rings (SSSR count). The first-order chi connectivity index (χ1) is 10.3. The standard InChI is InChI=1S/C18H17NO2/c1-3-16(18(20)21-2)19-17(14-10-6-4-7-11-14)15-12-8-5-9-13-15/h3-13H,1-2H3/b16-3+. The Morgan fingerprint density at radius 3 is 1.81 bits per heavy atom. The quantitative estimate of drug-likeness (QED) is 0.487. The van der Waals surface area contributed by atoms with Crippen LogP contribution in [0.3, 0.4) is 0 Å². The molecule has 0 atom stereocenters. The Kier molecular flexibility index (Phi) is 5.04. The third kappa shape index (κ3) is 3.66. The first kappa shape index (κ1) is 14.7. The number of carbonyl (C=O) groups is 1. The average molecular weight is 279 g/mol. The molecular formula is C18H17NO2. The molecule has 0 aromatic heterocycles. The van der Waals surface area contributed by atoms with Crippen molar-refractivity contribution in [1.29, 1.82) is 0 Å². The Morgan fingerprint density at radius 1 is 0.952 bits per heavy atom. The van der Waals surface area contributed by atoms with Gasteiger partial charge in [0.25, 0.3) is 0 Å². The van der Waals surface area contributed by atoms with Crippen LogP contribution in [-0.4, -0.2) is 18.8 Å². The van der Waals surface area contributed by atoms with Gasteiger partial charge < -0.3 is 4.74 Å². The highest BCUT2D eigenvalue weighted by atomic mass is 16.5. The SMILES string of the molecule is C/C=C(/N=C(c1ccccc1)c1ccccc1)C(=O)OC. The summed E-state index contributed by atoms with van der Waals surface area (Å²) in [5.74, 6) is -0.443. The van der Waals surface area contributed by atoms with Gasteiger partial charge in [0, 0.05) is 11.1 Å². The molecule has 0 aliphatic heterocycles. The monoisotopic (exact) mass is 279 g/mol. The molecule has 0 saturated carbocycles. The van der Waals surface area contributed by atoms with Gasteiger partial charge in [0.05, 0.1) is 12.8 Å². The fraction of sp³-hybridized carbons (Fsp3) is 0.111. The molecule has 2 aromatic rings. The molecule has 0 spiro atoms. The maximum atomic E-state index is 11.7. The van der Waals surface area contributed by atoms with E-state index in [9.17, 15) is 4.79 Å². The van der Waals surface area contributed by atoms with Gasteiger partial charge in [0.1, 0.15) is 5.70 Å². The van der Waals surface area contributed by atoms with E-state index in [1.165, 1.54) is 7.11 Å². The number of methoxy groups -OCH3 is 1. The topological polar surface area (TPSA) is 38.7 Å². The Labute approximate surface area is 124 Å². The second-order valence-corrected chi connectivity index (χ2v) is 4.36. The summed E-state index contributed by atoms with van der Waals surface area (Å²) >= 11 is 0. The summed E-state index contributed by atoms with van der Waals surface area (Å²) in [6.07, 6.45) is 1.65. The number of carbonyl (C=O) groups excluding carboxylic acids is 1. The summed E-state index contributed by atoms with van der Waals surface area (Å²) in [4.78, 5) is 16.3. The number of benzene rings is 2. The minimum Gasteiger partial charge on any atom is -0.464 e. The van der Waals surface area contributed by atoms with E-state index in [1.54, 1.807) is 13.0 Å². The van der Waals surface area contributed by atoms with Crippen LogP contribution in [-0.2, 0) is 9.53 Å². The molecule has 2 aromatic carbocycles. The smallest absolute Gasteiger partial charge is 0.356 e. The lowest BCUT2D eigenvalue weighted by Crippen LogP contribution is -2.09. The molecule has 0 bridgehead atoms. The van der Waals surface area contributed by atoms with E-state index < -0.39 is 5.97 Å². The zero-order chi connectivity index (χ0) is 15.1. The third-order valence-corrected chi connectivity index (χ3v) is 2.99. The Balaban J connectivity index is 2.54. The molecule has 106 valence electrons. The van der Waals surface area contributed by atoms with Crippen molar-refractivity contribution in [2.75, 3.05) is 7.11 Å². The van der Waals surface area contributed by atoms with Gasteiger partial charge in [-0.1, -0.05) is 66.7 Å². The summed E-state index contributed by atoms with van der Waals surface area (Å²) < 4.78 is 4.76. The average Bonchev–Trinajstić information content (AvgIpc) is 2.57. The van der Waals surface area contributed by atoms with E-state index in [0.29, 0.717) is 5.70 Å². The summed E-state index contributed by atoms with van der Waals surface area (Å²) in [5.41, 5.74) is 2.94. The van der Waals surface area contributed by atoms with Crippen LogP contribution in [0.1, 0.15) is 18.1 Å². The lowest BCUT2D eigenvalue weighted by Gasteiger charge is -2.08. The number of hydrogen-bond donors (Lipinski definition) is 0. The minimum absolute atomic E-state index is 0.292. The van der Waals surface area contributed by atoms with E-state index in [1.807, 2.05) is 60.7 Å². The fourth-order valence-electron chi connectivity index (χ4n) is 1.94. The highest BCUT2D eigenvalue weighted by Crippen LogP contribution is 2.14. The zero-order valence-electron chi connectivity index (χ0n) is 12.1. The molecule has 0 aliphatic carbocycles. The van der Waals surface area contributed by atoms with Crippen molar-refractivity contribution in [2.45, 2.75) is 6.92 Å². The predicted molar refractivity (Wildman–Crippen MR) is 84.3 cm³/mol. The number of esters is 1. The van der Waals surface area contributed by atoms with E-state index in [2.05, 4.69) is 4.99 Å². The highest BCUT2D eigenvalue weighted by molar-refractivity contribution is 6.14. The van der Waals surface area contributed by atoms with Crippen LogP contribution in [0.2, 0.25) is 0 Å². The number of allylic oxidation sites excluding steroid dienone is 1. The van der Waals surface area contributed by atoms with E-state index >= 15 is 0 Å². The molecule has 0 fully saturated rings. The van der Waals surface area contributed by atoms with Crippen LogP contribution in [0.4, 0.5) is 0 Å². The van der Waals surface area contributed by atoms with E-state index in [0.717, 1.165) is 16.8 Å². The van der Waals surface area contributed by atoms with Crippen molar-refractivity contribution in [3.05, 3.63) is 83.6 Å². The van der Waals surface area contributed by atoms with Gasteiger partial charge in [-0.2, -0.15) is 0 Å². The molecule has 0 unspecified atom stereocenters. The Bertz CT molecular complexity index is 617. The third-order valence-electron chi connectivity index (χ3n) is 2.99. The van der Waals surface area contributed by atoms with Crippen LogP contribution in [0.15, 0.2) is 77.4 Å². The molecule has 3 heteroatoms. The summed E-state index contributed by atoms with van der Waals surface area (Å²) in [6.45, 7) is 1.77. The van der Waals surface area contributed by atoms with Gasteiger partial charge >= 0.3 is 5.97 Å². The van der Waals surface area contributed by atoms with Crippen molar-refractivity contribution in [3.8, 4) is 0 Å². The molecular weight excluding hydrogens is 262 g/mol. The van der Waals surface area contributed by atoms with E-state index in [-0.39, 0.29) is 0 Å². The zero-order valence-corrected chi connectivity index (χ0v) is 12.1. The van der Waals surface area contributed by atoms with Crippen LogP contribution in [0.5, 0.6) is 0 Å². The van der Waals surface area contributed by atoms with Gasteiger partial charge in [-0.15, -0.1) is 0 Å². The minimum atomic E-state index is -0.443. The van der Waals surface area contributed by atoms with Crippen molar-refractivity contribution in [1.82, 2.24) is 0 Å². The van der Waals surface area contributed by atoms with Crippen molar-refractivity contribution < 1.29 is 9.53 Å². The Hall–Kier alpha value is -2.68. The van der Waals surface area contributed by atoms with Crippen molar-refractivity contribution >= 4 is 11.7 Å². The molecule has 3 nitrogen and oxygen atoms in total. The largest absolute Gasteiger partial charge is 0.464 e. The molecule has 0 N–H and O–H groups in total. The maximum Gasteiger partial charge on any atom is 0.356 e. The van der Waals surface area contributed by atoms with Crippen LogP contribution >= 0.6 is 0 Å². The molecule has 0 heterocycles. The summed E-state index contributed by atoms with van der Waals surface area (Å²) in [7, 11) is 1.35.